The number of carbonyl (C=O) groups is 1. The average Bonchev–Trinajstić information content (AvgIpc) is 3.45. The molecule has 2 aliphatic rings. The van der Waals surface area contributed by atoms with Gasteiger partial charge < -0.3 is 20.8 Å². The summed E-state index contributed by atoms with van der Waals surface area (Å²) in [7, 11) is 0. The molecule has 2 aromatic heterocycles. The van der Waals surface area contributed by atoms with Gasteiger partial charge in [-0.15, -0.1) is 0 Å². The van der Waals surface area contributed by atoms with Gasteiger partial charge in [0, 0.05) is 18.0 Å². The molecule has 4 aromatic rings. The fourth-order valence-corrected chi connectivity index (χ4v) is 5.41. The number of nitrogen functional groups attached to an aromatic ring is 1. The van der Waals surface area contributed by atoms with Gasteiger partial charge in [-0.3, -0.25) is 4.79 Å². The van der Waals surface area contributed by atoms with Crippen LogP contribution < -0.4 is 16.2 Å². The smallest absolute Gasteiger partial charge is 0.221 e. The summed E-state index contributed by atoms with van der Waals surface area (Å²) in [5.74, 6) is 1.83. The van der Waals surface area contributed by atoms with Gasteiger partial charge in [0.05, 0.1) is 22.3 Å². The summed E-state index contributed by atoms with van der Waals surface area (Å²) in [6, 6.07) is 10.3. The van der Waals surface area contributed by atoms with Crippen molar-refractivity contribution in [2.24, 2.45) is 17.6 Å². The van der Waals surface area contributed by atoms with E-state index in [4.69, 9.17) is 21.2 Å². The Balaban J connectivity index is 1.48. The van der Waals surface area contributed by atoms with Crippen LogP contribution in [0, 0.1) is 11.8 Å². The molecule has 31 heavy (non-hydrogen) atoms. The maximum Gasteiger partial charge on any atom is 0.221 e. The van der Waals surface area contributed by atoms with Gasteiger partial charge in [0.25, 0.3) is 0 Å². The maximum absolute atomic E-state index is 12.0. The second kappa shape index (κ2) is 6.95. The van der Waals surface area contributed by atoms with Crippen LogP contribution in [0.25, 0.3) is 32.6 Å². The molecule has 1 amide bonds. The molecule has 4 N–H and O–H groups in total. The van der Waals surface area contributed by atoms with Crippen LogP contribution >= 0.6 is 11.3 Å². The van der Waals surface area contributed by atoms with Crippen molar-refractivity contribution in [2.45, 2.75) is 32.2 Å². The molecule has 7 nitrogen and oxygen atoms in total. The Morgan fingerprint density at radius 1 is 1.23 bits per heavy atom. The first-order valence-corrected chi connectivity index (χ1v) is 11.5. The summed E-state index contributed by atoms with van der Waals surface area (Å²) in [6.45, 7) is 1.49. The quantitative estimate of drug-likeness (QED) is 0.498. The van der Waals surface area contributed by atoms with E-state index < -0.39 is 0 Å². The number of nitrogens with zero attached hydrogens (tertiary/aromatic N) is 3. The summed E-state index contributed by atoms with van der Waals surface area (Å²) >= 11 is 1.49. The lowest BCUT2D eigenvalue weighted by molar-refractivity contribution is -0.122. The Labute approximate surface area is 183 Å². The number of hydrogen-bond acceptors (Lipinski definition) is 6. The lowest BCUT2D eigenvalue weighted by atomic mass is 9.94. The molecule has 0 unspecified atom stereocenters. The molecular formula is C23H23N5O2S. The number of aromatic nitrogens is 3. The van der Waals surface area contributed by atoms with Crippen LogP contribution in [0.4, 0.5) is 5.13 Å². The molecule has 1 saturated carbocycles. The van der Waals surface area contributed by atoms with Crippen LogP contribution in [0.3, 0.4) is 0 Å². The number of amides is 1. The number of anilines is 1. The molecule has 1 aliphatic carbocycles. The van der Waals surface area contributed by atoms with E-state index in [-0.39, 0.29) is 11.8 Å². The van der Waals surface area contributed by atoms with E-state index in [1.165, 1.54) is 11.3 Å². The van der Waals surface area contributed by atoms with Crippen molar-refractivity contribution in [1.82, 2.24) is 14.5 Å². The fourth-order valence-electron chi connectivity index (χ4n) is 4.69. The molecule has 0 spiro atoms. The first kappa shape index (κ1) is 18.6. The molecule has 0 radical (unpaired) electrons. The summed E-state index contributed by atoms with van der Waals surface area (Å²) in [4.78, 5) is 21.4. The molecule has 1 aliphatic heterocycles. The predicted octanol–water partition coefficient (Wildman–Crippen LogP) is 3.73. The molecule has 2 aromatic carbocycles. The number of carbonyl (C=O) groups excluding carboxylic acids is 1. The Morgan fingerprint density at radius 2 is 2.10 bits per heavy atom. The topological polar surface area (TPSA) is 109 Å². The van der Waals surface area contributed by atoms with Crippen molar-refractivity contribution in [3.8, 4) is 17.1 Å². The van der Waals surface area contributed by atoms with Crippen LogP contribution in [0.5, 0.6) is 5.75 Å². The number of hydrogen-bond donors (Lipinski definition) is 2. The van der Waals surface area contributed by atoms with Crippen LogP contribution in [-0.4, -0.2) is 27.0 Å². The fraction of sp³-hybridized carbons (Fsp3) is 0.348. The summed E-state index contributed by atoms with van der Waals surface area (Å²) in [5.41, 5.74) is 16.4. The minimum Gasteiger partial charge on any atom is -0.491 e. The second-order valence-electron chi connectivity index (χ2n) is 8.54. The molecule has 0 bridgehead atoms. The summed E-state index contributed by atoms with van der Waals surface area (Å²) in [5, 5.41) is 0.568. The largest absolute Gasteiger partial charge is 0.491 e. The van der Waals surface area contributed by atoms with Crippen molar-refractivity contribution in [3.63, 3.8) is 0 Å². The zero-order chi connectivity index (χ0) is 21.1. The van der Waals surface area contributed by atoms with Gasteiger partial charge in [-0.1, -0.05) is 11.3 Å². The van der Waals surface area contributed by atoms with Crippen LogP contribution in [0.1, 0.15) is 24.8 Å². The van der Waals surface area contributed by atoms with Gasteiger partial charge in [-0.25, -0.2) is 9.97 Å². The predicted molar refractivity (Wildman–Crippen MR) is 122 cm³/mol. The molecule has 1 fully saturated rings. The number of imidazole rings is 1. The number of ether oxygens (including phenoxy) is 1. The van der Waals surface area contributed by atoms with Crippen LogP contribution in [-0.2, 0) is 17.8 Å². The van der Waals surface area contributed by atoms with E-state index in [2.05, 4.69) is 39.9 Å². The number of aryl methyl sites for hydroxylation is 1. The Kier molecular flexibility index (Phi) is 4.17. The summed E-state index contributed by atoms with van der Waals surface area (Å²) < 4.78 is 9.41. The molecule has 1 atom stereocenters. The van der Waals surface area contributed by atoms with E-state index in [0.717, 1.165) is 69.8 Å². The zero-order valence-corrected chi connectivity index (χ0v) is 17.8. The van der Waals surface area contributed by atoms with Gasteiger partial charge in [-0.05, 0) is 67.5 Å². The van der Waals surface area contributed by atoms with Gasteiger partial charge in [-0.2, -0.15) is 0 Å². The minimum atomic E-state index is -0.212. The van der Waals surface area contributed by atoms with E-state index in [9.17, 15) is 4.79 Å². The van der Waals surface area contributed by atoms with Crippen LogP contribution in [0.2, 0.25) is 0 Å². The van der Waals surface area contributed by atoms with Crippen molar-refractivity contribution in [2.75, 3.05) is 12.3 Å². The van der Waals surface area contributed by atoms with Crippen molar-refractivity contribution >= 4 is 43.6 Å². The number of primary amides is 1. The van der Waals surface area contributed by atoms with Crippen molar-refractivity contribution in [3.05, 3.63) is 35.9 Å². The normalized spacial score (nSPS) is 16.9. The second-order valence-corrected chi connectivity index (χ2v) is 9.60. The Morgan fingerprint density at radius 3 is 2.90 bits per heavy atom. The third kappa shape index (κ3) is 3.22. The minimum absolute atomic E-state index is 0.116. The highest BCUT2D eigenvalue weighted by Gasteiger charge is 2.35. The number of nitrogens with two attached hydrogens (primary N) is 2. The lowest BCUT2D eigenvalue weighted by Crippen LogP contribution is -2.26. The monoisotopic (exact) mass is 433 g/mol. The highest BCUT2D eigenvalue weighted by molar-refractivity contribution is 7.22. The van der Waals surface area contributed by atoms with Gasteiger partial charge in [0.2, 0.25) is 5.91 Å². The number of rotatable bonds is 5. The van der Waals surface area contributed by atoms with Crippen LogP contribution in [0.15, 0.2) is 30.3 Å². The molecule has 6 rings (SSSR count). The van der Waals surface area contributed by atoms with E-state index in [1.54, 1.807) is 0 Å². The SMILES string of the molecule is NC(=O)[C@@H](Cc1cc2c3c(c1)nc(-c1ccc4sc(N)nc4c1)n3CCCO2)C1CC1. The number of fused-ring (bicyclic) bond motifs is 1. The molecule has 0 saturated heterocycles. The maximum atomic E-state index is 12.0. The van der Waals surface area contributed by atoms with Crippen molar-refractivity contribution < 1.29 is 9.53 Å². The van der Waals surface area contributed by atoms with E-state index in [1.807, 2.05) is 0 Å². The van der Waals surface area contributed by atoms with E-state index in [0.29, 0.717) is 24.1 Å². The van der Waals surface area contributed by atoms with Gasteiger partial charge >= 0.3 is 0 Å². The highest BCUT2D eigenvalue weighted by atomic mass is 32.1. The standard InChI is InChI=1S/C23H23N5O2S/c24-21(29)15(13-2-3-13)8-12-9-17-20-18(10-12)30-7-1-6-28(20)22(26-17)14-4-5-19-16(11-14)27-23(25)31-19/h4-5,9-11,13,15H,1-3,6-8H2,(H2,24,29)(H2,25,27)/t15-/m0/s1. The van der Waals surface area contributed by atoms with E-state index >= 15 is 0 Å². The molecular weight excluding hydrogens is 410 g/mol. The number of thiazole rings is 1. The molecule has 3 heterocycles. The Bertz CT molecular complexity index is 1340. The van der Waals surface area contributed by atoms with Gasteiger partial charge in [0.1, 0.15) is 17.1 Å². The lowest BCUT2D eigenvalue weighted by Gasteiger charge is -2.13. The Hall–Kier alpha value is -3.13. The molecule has 8 heteroatoms. The first-order valence-electron chi connectivity index (χ1n) is 10.7. The van der Waals surface area contributed by atoms with Crippen molar-refractivity contribution in [1.29, 1.82) is 0 Å². The highest BCUT2D eigenvalue weighted by Crippen LogP contribution is 2.40. The third-order valence-electron chi connectivity index (χ3n) is 6.32. The number of benzene rings is 2. The van der Waals surface area contributed by atoms with Gasteiger partial charge in [0.15, 0.2) is 5.13 Å². The summed E-state index contributed by atoms with van der Waals surface area (Å²) in [6.07, 6.45) is 3.71. The molecule has 158 valence electrons. The zero-order valence-electron chi connectivity index (χ0n) is 17.0. The third-order valence-corrected chi connectivity index (χ3v) is 7.19. The average molecular weight is 434 g/mol. The first-order chi connectivity index (χ1) is 15.1.